The third-order valence-corrected chi connectivity index (χ3v) is 9.69. The Morgan fingerprint density at radius 3 is 0.276 bits per heavy atom. The van der Waals surface area contributed by atoms with Gasteiger partial charge in [0.05, 0.1) is 89.5 Å². The van der Waals surface area contributed by atoms with E-state index >= 15 is 0 Å². The van der Waals surface area contributed by atoms with Gasteiger partial charge in [-0.2, -0.15) is 0 Å². The van der Waals surface area contributed by atoms with E-state index in [-0.39, 0.29) is 169 Å². The predicted molar refractivity (Wildman–Crippen MR) is 227 cm³/mol. The van der Waals surface area contributed by atoms with E-state index in [1.807, 2.05) is 0 Å². The second kappa shape index (κ2) is 58.0. The summed E-state index contributed by atoms with van der Waals surface area (Å²) in [6.45, 7) is -12.5. The monoisotopic (exact) mass is 1460 g/mol. The molecule has 0 amide bonds. The topological polar surface area (TPSA) is 663 Å². The van der Waals surface area contributed by atoms with Gasteiger partial charge < -0.3 is 154 Å². The summed E-state index contributed by atoms with van der Waals surface area (Å²) in [6.07, 6.45) is 0. The molecule has 0 atom stereocenters. The molecule has 87 heavy (non-hydrogen) atoms. The SMILES string of the molecule is O.O=C([O-])CN(CCN(CC(=O)[O-])CC(=O)[O-])CCN(CC(=O)[O-])CC(=O)[O-].O=C([O-])CN(CCN(CC(=O)[O-])CC(=O)[O-])CCN(CC(=O)[O-])CC(=O)[O-].O=C([O-])CN(CCN(CC(=O)[O-])CC(=O)[O-])CCN(CC(=O)[O-])CC(=O)[O-].[Fe+3].[Fe+3].[Fe+3].[Fe+3].[Fe+3]. The molecule has 0 unspecified atom stereocenters. The van der Waals surface area contributed by atoms with Gasteiger partial charge in [0.1, 0.15) is 0 Å². The number of carboxylic acids is 15. The third-order valence-electron chi connectivity index (χ3n) is 9.69. The van der Waals surface area contributed by atoms with Gasteiger partial charge in [-0.05, 0) is 0 Å². The zero-order valence-corrected chi connectivity index (χ0v) is 50.7. The molecule has 0 rings (SSSR count). The predicted octanol–water partition coefficient (Wildman–Crippen LogP) is -28.9. The average molecular weight is 1460 g/mol. The maximum atomic E-state index is 10.8. The summed E-state index contributed by atoms with van der Waals surface area (Å²) in [6, 6.07) is 0. The van der Waals surface area contributed by atoms with Gasteiger partial charge in [0, 0.05) is 177 Å². The zero-order chi connectivity index (χ0) is 62.9. The van der Waals surface area contributed by atoms with Gasteiger partial charge in [-0.15, -0.1) is 0 Å². The normalized spacial score (nSPS) is 10.3. The van der Waals surface area contributed by atoms with Crippen molar-refractivity contribution in [1.29, 1.82) is 0 Å². The molecule has 2 N–H and O–H groups in total. The summed E-state index contributed by atoms with van der Waals surface area (Å²) in [7, 11) is 0. The van der Waals surface area contributed by atoms with Crippen LogP contribution in [0.3, 0.4) is 0 Å². The molecule has 45 heteroatoms. The first-order valence-electron chi connectivity index (χ1n) is 23.0. The minimum atomic E-state index is -1.54. The number of hydrogen-bond donors (Lipinski definition) is 0. The van der Waals surface area contributed by atoms with Gasteiger partial charge in [-0.25, -0.2) is 0 Å². The van der Waals surface area contributed by atoms with E-state index in [4.69, 9.17) is 0 Å². The van der Waals surface area contributed by atoms with Gasteiger partial charge in [-0.3, -0.25) is 44.1 Å². The van der Waals surface area contributed by atoms with E-state index in [9.17, 15) is 149 Å². The van der Waals surface area contributed by atoms with Crippen LogP contribution in [0.4, 0.5) is 0 Å². The Bertz CT molecular complexity index is 1700. The van der Waals surface area contributed by atoms with Crippen LogP contribution >= 0.6 is 0 Å². The second-order valence-electron chi connectivity index (χ2n) is 16.7. The van der Waals surface area contributed by atoms with Crippen molar-refractivity contribution in [2.45, 2.75) is 0 Å². The molecule has 0 bridgehead atoms. The Morgan fingerprint density at radius 1 is 0.149 bits per heavy atom. The van der Waals surface area contributed by atoms with Crippen molar-refractivity contribution in [2.75, 3.05) is 177 Å². The van der Waals surface area contributed by atoms with Crippen molar-refractivity contribution in [2.24, 2.45) is 0 Å². The fraction of sp³-hybridized carbons (Fsp3) is 0.643. The number of carbonyl (C=O) groups is 15. The largest absolute Gasteiger partial charge is 3.00 e. The first-order valence-corrected chi connectivity index (χ1v) is 23.0. The first kappa shape index (κ1) is 100. The molecule has 0 saturated carbocycles. The number of rotatable bonds is 48. The quantitative estimate of drug-likeness (QED) is 0.0511. The molecule has 0 spiro atoms. The van der Waals surface area contributed by atoms with Crippen LogP contribution in [0, 0.1) is 0 Å². The molecule has 0 aliphatic carbocycles. The molecular formula is C42H56Fe5N9O31. The molecule has 495 valence electrons. The molecule has 0 aromatic rings. The van der Waals surface area contributed by atoms with Crippen molar-refractivity contribution in [3.63, 3.8) is 0 Å². The van der Waals surface area contributed by atoms with Gasteiger partial charge in [0.25, 0.3) is 0 Å². The summed E-state index contributed by atoms with van der Waals surface area (Å²) >= 11 is 0. The minimum Gasteiger partial charge on any atom is -0.549 e. The fourth-order valence-electron chi connectivity index (χ4n) is 6.53. The molecular weight excluding hydrogens is 1410 g/mol. The van der Waals surface area contributed by atoms with Crippen LogP contribution in [-0.4, -0.2) is 316 Å². The van der Waals surface area contributed by atoms with Gasteiger partial charge in [-0.1, -0.05) is 0 Å². The van der Waals surface area contributed by atoms with Crippen molar-refractivity contribution >= 4 is 89.5 Å². The standard InChI is InChI=1S/3C14H23N3O10.5Fe.H2O/c3*18-10(19)5-15(1-3-16(6-11(20)21)7-12(22)23)2-4-17(8-13(24)25)9-14(26)27;;;;;;/h3*1-9H2,(H,18,19)(H,20,21)(H,22,23)(H,24,25)(H,26,27);;;;;;1H2/q;;;5*+3;/p-15. The molecule has 0 heterocycles. The molecule has 0 aliphatic rings. The van der Waals surface area contributed by atoms with Crippen LogP contribution in [0.1, 0.15) is 0 Å². The van der Waals surface area contributed by atoms with Crippen LogP contribution in [0.25, 0.3) is 0 Å². The third kappa shape index (κ3) is 69.2. The van der Waals surface area contributed by atoms with E-state index in [0.717, 1.165) is 29.4 Å². The van der Waals surface area contributed by atoms with Crippen LogP contribution in [0.2, 0.25) is 0 Å². The number of aliphatic carboxylic acids is 15. The number of hydrogen-bond acceptors (Lipinski definition) is 39. The average Bonchev–Trinajstić information content (AvgIpc) is 3.26. The van der Waals surface area contributed by atoms with E-state index in [0.29, 0.717) is 0 Å². The minimum absolute atomic E-state index is 0. The fourth-order valence-corrected chi connectivity index (χ4v) is 6.53. The molecule has 5 radical (unpaired) electrons. The molecule has 40 nitrogen and oxygen atoms in total. The maximum Gasteiger partial charge on any atom is 3.00 e. The van der Waals surface area contributed by atoms with E-state index in [2.05, 4.69) is 0 Å². The van der Waals surface area contributed by atoms with Crippen LogP contribution in [-0.2, 0) is 157 Å². The van der Waals surface area contributed by atoms with Crippen molar-refractivity contribution in [3.8, 4) is 0 Å². The number of carbonyl (C=O) groups excluding carboxylic acids is 15. The van der Waals surface area contributed by atoms with Gasteiger partial charge in [0.15, 0.2) is 0 Å². The van der Waals surface area contributed by atoms with Crippen LogP contribution < -0.4 is 76.6 Å². The summed E-state index contributed by atoms with van der Waals surface area (Å²) < 4.78 is 0. The summed E-state index contributed by atoms with van der Waals surface area (Å²) in [5.41, 5.74) is 0. The van der Waals surface area contributed by atoms with Crippen LogP contribution in [0.15, 0.2) is 0 Å². The molecule has 0 saturated heterocycles. The maximum absolute atomic E-state index is 10.8. The summed E-state index contributed by atoms with van der Waals surface area (Å²) in [4.78, 5) is 169. The van der Waals surface area contributed by atoms with Gasteiger partial charge in [0.2, 0.25) is 0 Å². The summed E-state index contributed by atoms with van der Waals surface area (Å²) in [5.74, 6) is -23.0. The van der Waals surface area contributed by atoms with Crippen molar-refractivity contribution in [3.05, 3.63) is 0 Å². The van der Waals surface area contributed by atoms with Gasteiger partial charge >= 0.3 is 85.3 Å². The smallest absolute Gasteiger partial charge is 0.549 e. The second-order valence-corrected chi connectivity index (χ2v) is 16.7. The first-order chi connectivity index (χ1) is 37.5. The van der Waals surface area contributed by atoms with Crippen molar-refractivity contribution in [1.82, 2.24) is 44.1 Å². The van der Waals surface area contributed by atoms with Crippen LogP contribution in [0.5, 0.6) is 0 Å². The Balaban J connectivity index is -0.000000145. The Morgan fingerprint density at radius 2 is 0.207 bits per heavy atom. The summed E-state index contributed by atoms with van der Waals surface area (Å²) in [5, 5.41) is 160. The Kier molecular flexibility index (Phi) is 66.8. The Hall–Kier alpha value is -5.75. The Labute approximate surface area is 546 Å². The van der Waals surface area contributed by atoms with E-state index < -0.39 is 188 Å². The van der Waals surface area contributed by atoms with E-state index in [1.165, 1.54) is 14.7 Å². The van der Waals surface area contributed by atoms with Crippen molar-refractivity contribution < 1.29 is 239 Å². The molecule has 0 aliphatic heterocycles. The molecule has 0 aromatic heterocycles. The number of nitrogens with zero attached hydrogens (tertiary/aromatic N) is 9. The zero-order valence-electron chi connectivity index (χ0n) is 45.1. The molecule has 0 fully saturated rings. The molecule has 0 aromatic carbocycles. The van der Waals surface area contributed by atoms with E-state index in [1.54, 1.807) is 0 Å². The number of carboxylic acid groups (broad SMARTS) is 15.